The first-order valence-corrected chi connectivity index (χ1v) is 4.23. The van der Waals surface area contributed by atoms with Gasteiger partial charge in [0, 0.05) is 7.11 Å². The van der Waals surface area contributed by atoms with Crippen LogP contribution in [0.4, 0.5) is 0 Å². The van der Waals surface area contributed by atoms with Crippen molar-refractivity contribution in [1.29, 1.82) is 0 Å². The maximum absolute atomic E-state index is 11.2. The van der Waals surface area contributed by atoms with Gasteiger partial charge in [-0.1, -0.05) is 0 Å². The largest absolute Gasteiger partial charge is 0.462 e. The van der Waals surface area contributed by atoms with Crippen LogP contribution in [0.2, 0.25) is 0 Å². The Morgan fingerprint density at radius 1 is 1.58 bits per heavy atom. The van der Waals surface area contributed by atoms with Crippen LogP contribution in [0.25, 0.3) is 0 Å². The maximum atomic E-state index is 11.2. The molecular weight excluding hydrogens is 158 g/mol. The van der Waals surface area contributed by atoms with E-state index in [4.69, 9.17) is 9.47 Å². The van der Waals surface area contributed by atoms with Gasteiger partial charge in [0.15, 0.2) is 0 Å². The van der Waals surface area contributed by atoms with Gasteiger partial charge in [-0.2, -0.15) is 0 Å². The van der Waals surface area contributed by atoms with E-state index in [1.54, 1.807) is 7.11 Å². The average Bonchev–Trinajstić information content (AvgIpc) is 2.56. The van der Waals surface area contributed by atoms with Gasteiger partial charge < -0.3 is 14.8 Å². The van der Waals surface area contributed by atoms with Gasteiger partial charge in [0.25, 0.3) is 0 Å². The molecule has 0 unspecified atom stereocenters. The molecule has 1 heterocycles. The van der Waals surface area contributed by atoms with Crippen molar-refractivity contribution in [3.05, 3.63) is 0 Å². The van der Waals surface area contributed by atoms with E-state index in [1.165, 1.54) is 0 Å². The zero-order valence-corrected chi connectivity index (χ0v) is 7.34. The molecule has 4 heteroatoms. The van der Waals surface area contributed by atoms with Crippen LogP contribution >= 0.6 is 0 Å². The number of carbonyl (C=O) groups is 1. The molecule has 0 aromatic carbocycles. The monoisotopic (exact) mass is 173 g/mol. The molecular formula is C8H15NO3. The van der Waals surface area contributed by atoms with Gasteiger partial charge in [0.05, 0.1) is 6.61 Å². The van der Waals surface area contributed by atoms with Crippen LogP contribution in [0.3, 0.4) is 0 Å². The second-order valence-electron chi connectivity index (χ2n) is 2.81. The Morgan fingerprint density at radius 2 is 2.42 bits per heavy atom. The molecule has 0 aromatic heterocycles. The molecule has 1 aliphatic rings. The van der Waals surface area contributed by atoms with E-state index < -0.39 is 0 Å². The Balaban J connectivity index is 2.10. The van der Waals surface area contributed by atoms with Crippen LogP contribution < -0.4 is 5.32 Å². The fourth-order valence-corrected chi connectivity index (χ4v) is 1.21. The van der Waals surface area contributed by atoms with Crippen LogP contribution in [0.15, 0.2) is 0 Å². The zero-order chi connectivity index (χ0) is 8.81. The highest BCUT2D eigenvalue weighted by Gasteiger charge is 2.22. The molecule has 1 N–H and O–H groups in total. The third kappa shape index (κ3) is 2.79. The Morgan fingerprint density at radius 3 is 3.00 bits per heavy atom. The lowest BCUT2D eigenvalue weighted by atomic mass is 10.2. The summed E-state index contributed by atoms with van der Waals surface area (Å²) in [6.45, 7) is 1.75. The summed E-state index contributed by atoms with van der Waals surface area (Å²) < 4.78 is 9.70. The van der Waals surface area contributed by atoms with E-state index >= 15 is 0 Å². The van der Waals surface area contributed by atoms with Crippen molar-refractivity contribution in [3.63, 3.8) is 0 Å². The molecule has 4 nitrogen and oxygen atoms in total. The van der Waals surface area contributed by atoms with Gasteiger partial charge in [0.1, 0.15) is 12.6 Å². The molecule has 1 atom stereocenters. The van der Waals surface area contributed by atoms with Gasteiger partial charge in [-0.05, 0) is 19.4 Å². The second-order valence-corrected chi connectivity index (χ2v) is 2.81. The number of ether oxygens (including phenoxy) is 2. The molecule has 1 rings (SSSR count). The summed E-state index contributed by atoms with van der Waals surface area (Å²) in [5.74, 6) is -0.149. The Labute approximate surface area is 72.2 Å². The first-order chi connectivity index (χ1) is 5.84. The quantitative estimate of drug-likeness (QED) is 0.477. The number of methoxy groups -OCH3 is 1. The number of hydrogen-bond acceptors (Lipinski definition) is 4. The Hall–Kier alpha value is -0.610. The first kappa shape index (κ1) is 9.48. The molecule has 1 aliphatic heterocycles. The molecule has 0 spiro atoms. The number of hydrogen-bond donors (Lipinski definition) is 1. The number of nitrogens with one attached hydrogen (secondary N) is 1. The standard InChI is InChI=1S/C8H15NO3/c1-11-5-6-12-8(10)7-3-2-4-9-7/h7,9H,2-6H2,1H3/t7-/m0/s1. The van der Waals surface area contributed by atoms with E-state index in [9.17, 15) is 4.79 Å². The maximum Gasteiger partial charge on any atom is 0.323 e. The van der Waals surface area contributed by atoms with Crippen molar-refractivity contribution in [2.45, 2.75) is 18.9 Å². The van der Waals surface area contributed by atoms with Crippen molar-refractivity contribution in [2.75, 3.05) is 26.9 Å². The van der Waals surface area contributed by atoms with Crippen molar-refractivity contribution >= 4 is 5.97 Å². The summed E-state index contributed by atoms with van der Waals surface area (Å²) in [7, 11) is 1.58. The summed E-state index contributed by atoms with van der Waals surface area (Å²) in [4.78, 5) is 11.2. The molecule has 0 saturated carbocycles. The van der Waals surface area contributed by atoms with Crippen LogP contribution in [0.5, 0.6) is 0 Å². The van der Waals surface area contributed by atoms with Crippen molar-refractivity contribution < 1.29 is 14.3 Å². The fourth-order valence-electron chi connectivity index (χ4n) is 1.21. The Kier molecular flexibility index (Phi) is 4.04. The fraction of sp³-hybridized carbons (Fsp3) is 0.875. The van der Waals surface area contributed by atoms with E-state index in [0.717, 1.165) is 19.4 Å². The predicted molar refractivity (Wildman–Crippen MR) is 43.9 cm³/mol. The number of rotatable bonds is 4. The van der Waals surface area contributed by atoms with Crippen molar-refractivity contribution in [3.8, 4) is 0 Å². The van der Waals surface area contributed by atoms with E-state index in [1.807, 2.05) is 0 Å². The van der Waals surface area contributed by atoms with E-state index in [0.29, 0.717) is 13.2 Å². The first-order valence-electron chi connectivity index (χ1n) is 4.23. The molecule has 70 valence electrons. The summed E-state index contributed by atoms with van der Waals surface area (Å²) in [6.07, 6.45) is 1.95. The average molecular weight is 173 g/mol. The lowest BCUT2D eigenvalue weighted by molar-refractivity contribution is -0.146. The summed E-state index contributed by atoms with van der Waals surface area (Å²) in [5.41, 5.74) is 0. The van der Waals surface area contributed by atoms with Crippen LogP contribution in [-0.2, 0) is 14.3 Å². The third-order valence-corrected chi connectivity index (χ3v) is 1.88. The zero-order valence-electron chi connectivity index (χ0n) is 7.34. The minimum Gasteiger partial charge on any atom is -0.462 e. The minimum absolute atomic E-state index is 0.0816. The van der Waals surface area contributed by atoms with Crippen LogP contribution in [0.1, 0.15) is 12.8 Å². The molecule has 0 radical (unpaired) electrons. The minimum atomic E-state index is -0.149. The highest BCUT2D eigenvalue weighted by atomic mass is 16.6. The van der Waals surface area contributed by atoms with Crippen molar-refractivity contribution in [1.82, 2.24) is 5.32 Å². The molecule has 1 fully saturated rings. The summed E-state index contributed by atoms with van der Waals surface area (Å²) in [5, 5.41) is 3.07. The lowest BCUT2D eigenvalue weighted by Crippen LogP contribution is -2.33. The normalized spacial score (nSPS) is 22.6. The van der Waals surface area contributed by atoms with Gasteiger partial charge in [0.2, 0.25) is 0 Å². The van der Waals surface area contributed by atoms with E-state index in [2.05, 4.69) is 5.32 Å². The molecule has 0 bridgehead atoms. The highest BCUT2D eigenvalue weighted by molar-refractivity contribution is 5.76. The van der Waals surface area contributed by atoms with Crippen molar-refractivity contribution in [2.24, 2.45) is 0 Å². The van der Waals surface area contributed by atoms with E-state index in [-0.39, 0.29) is 12.0 Å². The number of esters is 1. The summed E-state index contributed by atoms with van der Waals surface area (Å²) >= 11 is 0. The lowest BCUT2D eigenvalue weighted by Gasteiger charge is -2.09. The third-order valence-electron chi connectivity index (χ3n) is 1.88. The molecule has 0 aliphatic carbocycles. The Bertz CT molecular complexity index is 143. The van der Waals surface area contributed by atoms with Crippen LogP contribution in [-0.4, -0.2) is 38.9 Å². The van der Waals surface area contributed by atoms with Gasteiger partial charge >= 0.3 is 5.97 Å². The predicted octanol–water partition coefficient (Wildman–Crippen LogP) is -0.0720. The van der Waals surface area contributed by atoms with Gasteiger partial charge in [-0.25, -0.2) is 0 Å². The highest BCUT2D eigenvalue weighted by Crippen LogP contribution is 2.05. The molecule has 0 amide bonds. The molecule has 0 aromatic rings. The topological polar surface area (TPSA) is 47.6 Å². The SMILES string of the molecule is COCCOC(=O)[C@@H]1CCCN1. The number of carbonyl (C=O) groups excluding carboxylic acids is 1. The smallest absolute Gasteiger partial charge is 0.323 e. The van der Waals surface area contributed by atoms with Gasteiger partial charge in [-0.15, -0.1) is 0 Å². The second kappa shape index (κ2) is 5.11. The van der Waals surface area contributed by atoms with Crippen LogP contribution in [0, 0.1) is 0 Å². The molecule has 12 heavy (non-hydrogen) atoms. The molecule has 1 saturated heterocycles. The summed E-state index contributed by atoms with van der Waals surface area (Å²) in [6, 6.07) is -0.0816. The van der Waals surface area contributed by atoms with Gasteiger partial charge in [-0.3, -0.25) is 4.79 Å².